The summed E-state index contributed by atoms with van der Waals surface area (Å²) in [5.74, 6) is -0.436. The molecule has 0 aliphatic rings. The van der Waals surface area contributed by atoms with E-state index in [1.165, 1.54) is 18.2 Å². The molecule has 17 heavy (non-hydrogen) atoms. The molecule has 0 saturated carbocycles. The Hall–Kier alpha value is -1.94. The first kappa shape index (κ1) is 11.5. The van der Waals surface area contributed by atoms with Crippen LogP contribution in [0.15, 0.2) is 47.6 Å². The van der Waals surface area contributed by atoms with E-state index >= 15 is 0 Å². The molecule has 1 N–H and O–H groups in total. The molecule has 0 radical (unpaired) electrons. The third kappa shape index (κ3) is 2.79. The molecule has 2 rings (SSSR count). The van der Waals surface area contributed by atoms with Crippen LogP contribution in [0.4, 0.5) is 21.5 Å². The summed E-state index contributed by atoms with van der Waals surface area (Å²) in [5.41, 5.74) is 1.17. The number of halogens is 2. The van der Waals surface area contributed by atoms with Gasteiger partial charge in [-0.3, -0.25) is 0 Å². The van der Waals surface area contributed by atoms with Crippen LogP contribution in [0.25, 0.3) is 0 Å². The zero-order valence-electron chi connectivity index (χ0n) is 8.65. The van der Waals surface area contributed by atoms with Crippen molar-refractivity contribution in [2.24, 2.45) is 5.18 Å². The Kier molecular flexibility index (Phi) is 3.35. The van der Waals surface area contributed by atoms with E-state index in [0.717, 1.165) is 0 Å². The molecule has 86 valence electrons. The molecule has 0 spiro atoms. The number of rotatable bonds is 3. The normalized spacial score (nSPS) is 10.0. The van der Waals surface area contributed by atoms with Crippen LogP contribution < -0.4 is 5.32 Å². The molecule has 3 nitrogen and oxygen atoms in total. The van der Waals surface area contributed by atoms with E-state index in [2.05, 4.69) is 10.5 Å². The van der Waals surface area contributed by atoms with Crippen LogP contribution in [0, 0.1) is 10.7 Å². The Labute approximate surface area is 102 Å². The molecule has 5 heteroatoms. The lowest BCUT2D eigenvalue weighted by Gasteiger charge is -2.07. The second kappa shape index (κ2) is 4.93. The smallest absolute Gasteiger partial charge is 0.131 e. The van der Waals surface area contributed by atoms with Crippen molar-refractivity contribution in [3.8, 4) is 0 Å². The van der Waals surface area contributed by atoms with E-state index in [-0.39, 0.29) is 5.69 Å². The van der Waals surface area contributed by atoms with Crippen molar-refractivity contribution in [3.05, 3.63) is 58.2 Å². The number of hydrogen-bond donors (Lipinski definition) is 1. The van der Waals surface area contributed by atoms with E-state index in [0.29, 0.717) is 16.4 Å². The Morgan fingerprint density at radius 3 is 2.47 bits per heavy atom. The number of benzene rings is 2. The first-order valence-corrected chi connectivity index (χ1v) is 5.22. The third-order valence-corrected chi connectivity index (χ3v) is 2.43. The van der Waals surface area contributed by atoms with E-state index in [9.17, 15) is 9.30 Å². The molecular weight excluding hydrogens is 243 g/mol. The second-order valence-corrected chi connectivity index (χ2v) is 3.82. The number of anilines is 2. The zero-order chi connectivity index (χ0) is 12.3. The highest BCUT2D eigenvalue weighted by molar-refractivity contribution is 6.30. The van der Waals surface area contributed by atoms with Gasteiger partial charge in [-0.1, -0.05) is 11.6 Å². The highest BCUT2D eigenvalue weighted by atomic mass is 35.5. The zero-order valence-corrected chi connectivity index (χ0v) is 9.41. The fraction of sp³-hybridized carbons (Fsp3) is 0. The Bertz CT molecular complexity index is 543. The van der Waals surface area contributed by atoms with Crippen molar-refractivity contribution in [1.29, 1.82) is 0 Å². The molecule has 2 aromatic carbocycles. The maximum absolute atomic E-state index is 13.0. The van der Waals surface area contributed by atoms with Gasteiger partial charge in [0.05, 0.1) is 5.69 Å². The number of nitrogens with one attached hydrogen (secondary N) is 1. The number of nitroso groups, excluding NO2 is 1. The fourth-order valence-electron chi connectivity index (χ4n) is 1.38. The van der Waals surface area contributed by atoms with Crippen molar-refractivity contribution in [3.63, 3.8) is 0 Å². The van der Waals surface area contributed by atoms with Crippen LogP contribution in [-0.2, 0) is 0 Å². The van der Waals surface area contributed by atoms with Crippen molar-refractivity contribution in [2.75, 3.05) is 5.32 Å². The summed E-state index contributed by atoms with van der Waals surface area (Å²) < 4.78 is 13.0. The van der Waals surface area contributed by atoms with Crippen LogP contribution in [-0.4, -0.2) is 0 Å². The van der Waals surface area contributed by atoms with Crippen molar-refractivity contribution >= 4 is 28.7 Å². The lowest BCUT2D eigenvalue weighted by atomic mass is 10.2. The van der Waals surface area contributed by atoms with Crippen LogP contribution in [0.2, 0.25) is 5.02 Å². The van der Waals surface area contributed by atoms with Gasteiger partial charge < -0.3 is 5.32 Å². The van der Waals surface area contributed by atoms with Gasteiger partial charge in [0.2, 0.25) is 0 Å². The Balaban J connectivity index is 2.31. The molecule has 0 amide bonds. The SMILES string of the molecule is O=Nc1ccc(F)cc1Nc1ccc(Cl)cc1. The summed E-state index contributed by atoms with van der Waals surface area (Å²) in [7, 11) is 0. The standard InChI is InChI=1S/C12H8ClFN2O/c13-8-1-4-10(5-2-8)15-12-7-9(14)3-6-11(12)16-17/h1-7,15H. The molecule has 2 aromatic rings. The van der Waals surface area contributed by atoms with Gasteiger partial charge in [-0.15, -0.1) is 4.91 Å². The quantitative estimate of drug-likeness (QED) is 0.808. The molecule has 0 bridgehead atoms. The van der Waals surface area contributed by atoms with Gasteiger partial charge in [-0.2, -0.15) is 0 Å². The molecular formula is C12H8ClFN2O. The van der Waals surface area contributed by atoms with E-state index in [4.69, 9.17) is 11.6 Å². The average molecular weight is 251 g/mol. The molecule has 0 fully saturated rings. The van der Waals surface area contributed by atoms with Gasteiger partial charge in [0.25, 0.3) is 0 Å². The van der Waals surface area contributed by atoms with E-state index in [1.807, 2.05) is 0 Å². The molecule has 0 heterocycles. The van der Waals surface area contributed by atoms with Gasteiger partial charge in [0, 0.05) is 10.7 Å². The topological polar surface area (TPSA) is 41.5 Å². The second-order valence-electron chi connectivity index (χ2n) is 3.38. The first-order chi connectivity index (χ1) is 8.19. The van der Waals surface area contributed by atoms with Gasteiger partial charge in [-0.25, -0.2) is 4.39 Å². The molecule has 0 aliphatic carbocycles. The Morgan fingerprint density at radius 2 is 1.82 bits per heavy atom. The van der Waals surface area contributed by atoms with Crippen LogP contribution in [0.5, 0.6) is 0 Å². The minimum absolute atomic E-state index is 0.154. The molecule has 0 saturated heterocycles. The Morgan fingerprint density at radius 1 is 1.12 bits per heavy atom. The van der Waals surface area contributed by atoms with E-state index < -0.39 is 5.82 Å². The summed E-state index contributed by atoms with van der Waals surface area (Å²) in [4.78, 5) is 10.5. The van der Waals surface area contributed by atoms with Gasteiger partial charge >= 0.3 is 0 Å². The fourth-order valence-corrected chi connectivity index (χ4v) is 1.50. The van der Waals surface area contributed by atoms with Crippen molar-refractivity contribution < 1.29 is 4.39 Å². The molecule has 0 aliphatic heterocycles. The largest absolute Gasteiger partial charge is 0.354 e. The average Bonchev–Trinajstić information content (AvgIpc) is 2.32. The summed E-state index contributed by atoms with van der Waals surface area (Å²) in [6, 6.07) is 10.5. The van der Waals surface area contributed by atoms with E-state index in [1.54, 1.807) is 24.3 Å². The van der Waals surface area contributed by atoms with Gasteiger partial charge in [-0.05, 0) is 47.6 Å². The summed E-state index contributed by atoms with van der Waals surface area (Å²) in [5, 5.41) is 6.32. The molecule has 0 aromatic heterocycles. The third-order valence-electron chi connectivity index (χ3n) is 2.18. The highest BCUT2D eigenvalue weighted by Gasteiger charge is 2.04. The molecule has 0 unspecified atom stereocenters. The lowest BCUT2D eigenvalue weighted by Crippen LogP contribution is -1.91. The van der Waals surface area contributed by atoms with Crippen LogP contribution >= 0.6 is 11.6 Å². The van der Waals surface area contributed by atoms with Gasteiger partial charge in [0.15, 0.2) is 0 Å². The number of hydrogen-bond acceptors (Lipinski definition) is 3. The van der Waals surface area contributed by atoms with Crippen molar-refractivity contribution in [2.45, 2.75) is 0 Å². The predicted octanol–water partition coefficient (Wildman–Crippen LogP) is 4.62. The molecule has 0 atom stereocenters. The minimum atomic E-state index is -0.436. The number of nitrogens with zero attached hydrogens (tertiary/aromatic N) is 1. The van der Waals surface area contributed by atoms with Gasteiger partial charge in [0.1, 0.15) is 11.5 Å². The first-order valence-electron chi connectivity index (χ1n) is 4.84. The highest BCUT2D eigenvalue weighted by Crippen LogP contribution is 2.29. The monoisotopic (exact) mass is 250 g/mol. The minimum Gasteiger partial charge on any atom is -0.354 e. The summed E-state index contributed by atoms with van der Waals surface area (Å²) in [6.45, 7) is 0. The van der Waals surface area contributed by atoms with Crippen LogP contribution in [0.1, 0.15) is 0 Å². The lowest BCUT2D eigenvalue weighted by molar-refractivity contribution is 0.628. The maximum atomic E-state index is 13.0. The van der Waals surface area contributed by atoms with Crippen molar-refractivity contribution in [1.82, 2.24) is 0 Å². The van der Waals surface area contributed by atoms with Crippen LogP contribution in [0.3, 0.4) is 0 Å². The predicted molar refractivity (Wildman–Crippen MR) is 66.6 cm³/mol. The maximum Gasteiger partial charge on any atom is 0.131 e. The summed E-state index contributed by atoms with van der Waals surface area (Å²) in [6.07, 6.45) is 0. The summed E-state index contributed by atoms with van der Waals surface area (Å²) >= 11 is 5.74.